The molecule has 0 amide bonds. The maximum absolute atomic E-state index is 14.3. The maximum Gasteiger partial charge on any atom is 0.193 e. The van der Waals surface area contributed by atoms with Crippen molar-refractivity contribution in [2.75, 3.05) is 52.5 Å². The molecule has 2 saturated heterocycles. The minimum Gasteiger partial charge on any atom is -0.379 e. The van der Waals surface area contributed by atoms with E-state index in [1.807, 2.05) is 12.1 Å². The average molecular weight is 375 g/mol. The number of ether oxygens (including phenoxy) is 1. The highest BCUT2D eigenvalue weighted by Gasteiger charge is 2.46. The Labute approximate surface area is 161 Å². The topological polar surface area (TPSA) is 40.1 Å². The normalized spacial score (nSPS) is 25.6. The van der Waals surface area contributed by atoms with Crippen molar-refractivity contribution in [3.05, 3.63) is 35.6 Å². The number of guanidine groups is 1. The molecule has 6 heteroatoms. The fraction of sp³-hybridized carbons (Fsp3) is 0.667. The van der Waals surface area contributed by atoms with E-state index in [9.17, 15) is 4.39 Å². The molecule has 4 rings (SSSR count). The van der Waals surface area contributed by atoms with Crippen LogP contribution in [0, 0.1) is 5.82 Å². The highest BCUT2D eigenvalue weighted by atomic mass is 19.1. The molecule has 1 aromatic carbocycles. The number of nitrogens with zero attached hydrogens (tertiary/aromatic N) is 3. The molecule has 0 bridgehead atoms. The van der Waals surface area contributed by atoms with E-state index in [-0.39, 0.29) is 11.2 Å². The summed E-state index contributed by atoms with van der Waals surface area (Å²) in [6.45, 7) is 9.41. The minimum absolute atomic E-state index is 0.0937. The molecule has 27 heavy (non-hydrogen) atoms. The van der Waals surface area contributed by atoms with Crippen LogP contribution in [0.1, 0.15) is 31.7 Å². The molecule has 148 valence electrons. The molecule has 1 aromatic rings. The summed E-state index contributed by atoms with van der Waals surface area (Å²) in [6.07, 6.45) is 3.21. The third-order valence-corrected chi connectivity index (χ3v) is 6.19. The third-order valence-electron chi connectivity index (χ3n) is 6.19. The SMILES string of the molecule is CCNC(=NCC1(c2ccccc2F)CC1)N1CCC(N2CCOCC2)C1. The molecule has 1 atom stereocenters. The second-order valence-electron chi connectivity index (χ2n) is 7.97. The molecule has 1 aliphatic carbocycles. The predicted molar refractivity (Wildman–Crippen MR) is 106 cm³/mol. The highest BCUT2D eigenvalue weighted by Crippen LogP contribution is 2.49. The van der Waals surface area contributed by atoms with Gasteiger partial charge in [0, 0.05) is 44.2 Å². The van der Waals surface area contributed by atoms with E-state index < -0.39 is 0 Å². The number of halogens is 1. The molecule has 2 aliphatic heterocycles. The van der Waals surface area contributed by atoms with Gasteiger partial charge in [-0.05, 0) is 37.8 Å². The van der Waals surface area contributed by atoms with Crippen LogP contribution in [0.5, 0.6) is 0 Å². The Morgan fingerprint density at radius 1 is 1.26 bits per heavy atom. The minimum atomic E-state index is -0.102. The lowest BCUT2D eigenvalue weighted by Crippen LogP contribution is -2.46. The van der Waals surface area contributed by atoms with Gasteiger partial charge in [-0.25, -0.2) is 4.39 Å². The number of aliphatic imine (C=N–C) groups is 1. The number of nitrogens with one attached hydrogen (secondary N) is 1. The zero-order chi connectivity index (χ0) is 18.7. The molecule has 3 fully saturated rings. The molecular formula is C21H31FN4O. The van der Waals surface area contributed by atoms with E-state index in [2.05, 4.69) is 22.0 Å². The van der Waals surface area contributed by atoms with Crippen LogP contribution < -0.4 is 5.32 Å². The van der Waals surface area contributed by atoms with Gasteiger partial charge < -0.3 is 15.0 Å². The Bertz CT molecular complexity index is 670. The van der Waals surface area contributed by atoms with Crippen LogP contribution in [0.2, 0.25) is 0 Å². The van der Waals surface area contributed by atoms with Gasteiger partial charge in [-0.15, -0.1) is 0 Å². The van der Waals surface area contributed by atoms with Gasteiger partial charge in [-0.2, -0.15) is 0 Å². The molecular weight excluding hydrogens is 343 g/mol. The van der Waals surface area contributed by atoms with Crippen LogP contribution in [0.3, 0.4) is 0 Å². The first-order chi connectivity index (χ1) is 13.2. The Morgan fingerprint density at radius 2 is 2.04 bits per heavy atom. The lowest BCUT2D eigenvalue weighted by Gasteiger charge is -2.32. The molecule has 2 heterocycles. The summed E-state index contributed by atoms with van der Waals surface area (Å²) in [5.41, 5.74) is 0.729. The first-order valence-electron chi connectivity index (χ1n) is 10.3. The molecule has 1 unspecified atom stereocenters. The van der Waals surface area contributed by atoms with E-state index in [4.69, 9.17) is 9.73 Å². The fourth-order valence-electron chi connectivity index (χ4n) is 4.38. The summed E-state index contributed by atoms with van der Waals surface area (Å²) < 4.78 is 19.8. The van der Waals surface area contributed by atoms with Gasteiger partial charge in [-0.1, -0.05) is 18.2 Å². The summed E-state index contributed by atoms with van der Waals surface area (Å²) in [7, 11) is 0. The number of morpholine rings is 1. The third kappa shape index (κ3) is 4.11. The molecule has 0 aromatic heterocycles. The Morgan fingerprint density at radius 3 is 2.74 bits per heavy atom. The summed E-state index contributed by atoms with van der Waals surface area (Å²) in [5, 5.41) is 3.45. The number of rotatable bonds is 5. The van der Waals surface area contributed by atoms with Crippen LogP contribution in [0.4, 0.5) is 4.39 Å². The lowest BCUT2D eigenvalue weighted by molar-refractivity contribution is 0.0195. The number of hydrogen-bond donors (Lipinski definition) is 1. The standard InChI is InChI=1S/C21H31FN4O/c1-2-23-20(26-10-7-17(15-26)25-11-13-27-14-12-25)24-16-21(8-9-21)18-5-3-4-6-19(18)22/h3-6,17H,2,7-16H2,1H3,(H,23,24). The van der Waals surface area contributed by atoms with Crippen molar-refractivity contribution in [2.45, 2.75) is 37.6 Å². The molecule has 1 N–H and O–H groups in total. The number of benzene rings is 1. The van der Waals surface area contributed by atoms with Crippen LogP contribution in [-0.2, 0) is 10.2 Å². The molecule has 0 radical (unpaired) electrons. The summed E-state index contributed by atoms with van der Waals surface area (Å²) in [5.74, 6) is 0.889. The molecule has 1 saturated carbocycles. The van der Waals surface area contributed by atoms with E-state index in [0.717, 1.165) is 70.3 Å². The van der Waals surface area contributed by atoms with Crippen molar-refractivity contribution < 1.29 is 9.13 Å². The van der Waals surface area contributed by atoms with Gasteiger partial charge in [0.1, 0.15) is 5.82 Å². The van der Waals surface area contributed by atoms with Gasteiger partial charge in [0.2, 0.25) is 0 Å². The Hall–Kier alpha value is -1.66. The van der Waals surface area contributed by atoms with Crippen molar-refractivity contribution in [1.29, 1.82) is 0 Å². The summed E-state index contributed by atoms with van der Waals surface area (Å²) in [6, 6.07) is 7.77. The second kappa shape index (κ2) is 8.15. The van der Waals surface area contributed by atoms with Crippen molar-refractivity contribution in [3.63, 3.8) is 0 Å². The first-order valence-corrected chi connectivity index (χ1v) is 10.3. The van der Waals surface area contributed by atoms with Gasteiger partial charge in [0.15, 0.2) is 5.96 Å². The van der Waals surface area contributed by atoms with Gasteiger partial charge >= 0.3 is 0 Å². The number of likely N-dealkylation sites (tertiary alicyclic amines) is 1. The molecule has 3 aliphatic rings. The van der Waals surface area contributed by atoms with E-state index in [1.54, 1.807) is 12.1 Å². The Kier molecular flexibility index (Phi) is 5.64. The van der Waals surface area contributed by atoms with Gasteiger partial charge in [0.05, 0.1) is 19.8 Å². The van der Waals surface area contributed by atoms with Crippen molar-refractivity contribution in [2.24, 2.45) is 4.99 Å². The summed E-state index contributed by atoms with van der Waals surface area (Å²) in [4.78, 5) is 9.87. The van der Waals surface area contributed by atoms with E-state index in [1.165, 1.54) is 6.42 Å². The van der Waals surface area contributed by atoms with Crippen LogP contribution >= 0.6 is 0 Å². The monoisotopic (exact) mass is 374 g/mol. The fourth-order valence-corrected chi connectivity index (χ4v) is 4.38. The smallest absolute Gasteiger partial charge is 0.193 e. The second-order valence-corrected chi connectivity index (χ2v) is 7.97. The largest absolute Gasteiger partial charge is 0.379 e. The highest BCUT2D eigenvalue weighted by molar-refractivity contribution is 5.80. The Balaban J connectivity index is 1.43. The quantitative estimate of drug-likeness (QED) is 0.634. The zero-order valence-corrected chi connectivity index (χ0v) is 16.3. The van der Waals surface area contributed by atoms with Crippen molar-refractivity contribution in [1.82, 2.24) is 15.1 Å². The number of hydrogen-bond acceptors (Lipinski definition) is 3. The van der Waals surface area contributed by atoms with Gasteiger partial charge in [0.25, 0.3) is 0 Å². The molecule has 0 spiro atoms. The van der Waals surface area contributed by atoms with Crippen LogP contribution in [-0.4, -0.2) is 74.3 Å². The zero-order valence-electron chi connectivity index (χ0n) is 16.3. The van der Waals surface area contributed by atoms with Gasteiger partial charge in [-0.3, -0.25) is 9.89 Å². The maximum atomic E-state index is 14.3. The van der Waals surface area contributed by atoms with E-state index >= 15 is 0 Å². The predicted octanol–water partition coefficient (Wildman–Crippen LogP) is 2.23. The van der Waals surface area contributed by atoms with Crippen molar-refractivity contribution in [3.8, 4) is 0 Å². The molecule has 5 nitrogen and oxygen atoms in total. The first kappa shape index (κ1) is 18.7. The van der Waals surface area contributed by atoms with Crippen LogP contribution in [0.25, 0.3) is 0 Å². The summed E-state index contributed by atoms with van der Waals surface area (Å²) >= 11 is 0. The lowest BCUT2D eigenvalue weighted by atomic mass is 9.95. The average Bonchev–Trinajstić information content (AvgIpc) is 3.32. The van der Waals surface area contributed by atoms with Crippen LogP contribution in [0.15, 0.2) is 29.3 Å². The van der Waals surface area contributed by atoms with E-state index in [0.29, 0.717) is 12.6 Å². The van der Waals surface area contributed by atoms with Crippen molar-refractivity contribution >= 4 is 5.96 Å².